The number of benzene rings is 1. The molecule has 2 aromatic rings. The summed E-state index contributed by atoms with van der Waals surface area (Å²) >= 11 is 0. The molecule has 3 aliphatic rings. The van der Waals surface area contributed by atoms with Gasteiger partial charge >= 0.3 is 0 Å². The molecule has 2 saturated carbocycles. The number of carbonyl (C=O) groups is 2. The largest absolute Gasteiger partial charge is 0.353 e. The standard InChI is InChI=1S/C20H23N3O2/c24-17-9-10-23-18-13(17)7-4-8-16(18)22-19(23)14-11-15(14)20(25)21-12-5-2-1-3-6-12/h4,7-8,12,14-15H,1-3,5-6,9-11H2,(H,21,25). The zero-order chi connectivity index (χ0) is 17.0. The maximum atomic E-state index is 12.6. The fraction of sp³-hybridized carbons (Fsp3) is 0.550. The molecule has 1 aliphatic heterocycles. The number of amides is 1. The van der Waals surface area contributed by atoms with Crippen molar-refractivity contribution in [3.63, 3.8) is 0 Å². The number of Topliss-reactive ketones (excluding diaryl/α,β-unsaturated/α-hetero) is 1. The van der Waals surface area contributed by atoms with E-state index in [1.165, 1.54) is 19.3 Å². The lowest BCUT2D eigenvalue weighted by atomic mass is 9.95. The zero-order valence-electron chi connectivity index (χ0n) is 14.3. The average molecular weight is 337 g/mol. The first-order valence-electron chi connectivity index (χ1n) is 9.55. The summed E-state index contributed by atoms with van der Waals surface area (Å²) in [6.07, 6.45) is 7.40. The predicted molar refractivity (Wildman–Crippen MR) is 94.5 cm³/mol. The molecule has 130 valence electrons. The number of aromatic nitrogens is 2. The molecular weight excluding hydrogens is 314 g/mol. The van der Waals surface area contributed by atoms with E-state index < -0.39 is 0 Å². The number of para-hydroxylation sites is 1. The fourth-order valence-electron chi connectivity index (χ4n) is 4.61. The minimum absolute atomic E-state index is 0.0519. The van der Waals surface area contributed by atoms with Crippen molar-refractivity contribution in [1.82, 2.24) is 14.9 Å². The van der Waals surface area contributed by atoms with Gasteiger partial charge in [0.1, 0.15) is 5.82 Å². The summed E-state index contributed by atoms with van der Waals surface area (Å²) in [5.74, 6) is 1.66. The Labute approximate surface area is 146 Å². The third-order valence-electron chi connectivity index (χ3n) is 6.07. The molecule has 5 heteroatoms. The molecule has 1 amide bonds. The van der Waals surface area contributed by atoms with Crippen LogP contribution in [0.2, 0.25) is 0 Å². The van der Waals surface area contributed by atoms with Crippen molar-refractivity contribution < 1.29 is 9.59 Å². The Morgan fingerprint density at radius 2 is 2.04 bits per heavy atom. The van der Waals surface area contributed by atoms with Gasteiger partial charge in [-0.25, -0.2) is 4.98 Å². The first-order chi connectivity index (χ1) is 12.2. The highest BCUT2D eigenvalue weighted by Gasteiger charge is 2.47. The van der Waals surface area contributed by atoms with E-state index in [9.17, 15) is 9.59 Å². The quantitative estimate of drug-likeness (QED) is 0.935. The molecule has 2 heterocycles. The Morgan fingerprint density at radius 1 is 1.20 bits per heavy atom. The molecule has 5 rings (SSSR count). The number of nitrogens with one attached hydrogen (secondary N) is 1. The maximum absolute atomic E-state index is 12.6. The Kier molecular flexibility index (Phi) is 3.43. The van der Waals surface area contributed by atoms with Crippen molar-refractivity contribution >= 4 is 22.7 Å². The number of hydrogen-bond donors (Lipinski definition) is 1. The van der Waals surface area contributed by atoms with Crippen molar-refractivity contribution in [3.8, 4) is 0 Å². The van der Waals surface area contributed by atoms with Crippen molar-refractivity contribution in [2.24, 2.45) is 5.92 Å². The van der Waals surface area contributed by atoms with Gasteiger partial charge < -0.3 is 9.88 Å². The van der Waals surface area contributed by atoms with Gasteiger partial charge in [-0.2, -0.15) is 0 Å². The highest BCUT2D eigenvalue weighted by molar-refractivity contribution is 6.07. The van der Waals surface area contributed by atoms with Crippen LogP contribution in [0.4, 0.5) is 0 Å². The van der Waals surface area contributed by atoms with Gasteiger partial charge in [0, 0.05) is 36.4 Å². The fourth-order valence-corrected chi connectivity index (χ4v) is 4.61. The lowest BCUT2D eigenvalue weighted by Gasteiger charge is -2.22. The topological polar surface area (TPSA) is 64.0 Å². The third kappa shape index (κ3) is 2.48. The minimum Gasteiger partial charge on any atom is -0.353 e. The molecular formula is C20H23N3O2. The predicted octanol–water partition coefficient (Wildman–Crippen LogP) is 3.18. The smallest absolute Gasteiger partial charge is 0.224 e. The second-order valence-corrected chi connectivity index (χ2v) is 7.76. The van der Waals surface area contributed by atoms with Gasteiger partial charge in [0.2, 0.25) is 5.91 Å². The van der Waals surface area contributed by atoms with Crippen LogP contribution in [0.1, 0.15) is 67.0 Å². The lowest BCUT2D eigenvalue weighted by Crippen LogP contribution is -2.37. The van der Waals surface area contributed by atoms with Crippen LogP contribution >= 0.6 is 0 Å². The van der Waals surface area contributed by atoms with Crippen LogP contribution in [-0.2, 0) is 11.3 Å². The molecule has 2 atom stereocenters. The van der Waals surface area contributed by atoms with E-state index in [4.69, 9.17) is 4.98 Å². The molecule has 0 radical (unpaired) electrons. The first kappa shape index (κ1) is 15.1. The van der Waals surface area contributed by atoms with Gasteiger partial charge in [-0.15, -0.1) is 0 Å². The van der Waals surface area contributed by atoms with Gasteiger partial charge in [0.15, 0.2) is 5.78 Å². The number of rotatable bonds is 3. The van der Waals surface area contributed by atoms with Crippen molar-refractivity contribution in [2.45, 2.75) is 63.5 Å². The summed E-state index contributed by atoms with van der Waals surface area (Å²) in [7, 11) is 0. The highest BCUT2D eigenvalue weighted by Crippen LogP contribution is 2.48. The van der Waals surface area contributed by atoms with Crippen molar-refractivity contribution in [3.05, 3.63) is 29.6 Å². The molecule has 2 aliphatic carbocycles. The molecule has 0 spiro atoms. The van der Waals surface area contributed by atoms with Crippen LogP contribution in [0, 0.1) is 5.92 Å². The van der Waals surface area contributed by atoms with Gasteiger partial charge in [0.05, 0.1) is 11.0 Å². The normalized spacial score (nSPS) is 26.0. The second-order valence-electron chi connectivity index (χ2n) is 7.76. The molecule has 1 aromatic heterocycles. The van der Waals surface area contributed by atoms with E-state index in [0.29, 0.717) is 19.0 Å². The van der Waals surface area contributed by atoms with Crippen LogP contribution < -0.4 is 5.32 Å². The Balaban J connectivity index is 1.39. The summed E-state index contributed by atoms with van der Waals surface area (Å²) in [5, 5.41) is 3.25. The highest BCUT2D eigenvalue weighted by atomic mass is 16.2. The number of nitrogens with zero attached hydrogens (tertiary/aromatic N) is 2. The molecule has 0 saturated heterocycles. The van der Waals surface area contributed by atoms with Gasteiger partial charge in [-0.3, -0.25) is 9.59 Å². The molecule has 2 fully saturated rings. The van der Waals surface area contributed by atoms with Crippen LogP contribution in [-0.4, -0.2) is 27.3 Å². The Morgan fingerprint density at radius 3 is 2.88 bits per heavy atom. The molecule has 1 aromatic carbocycles. The van der Waals surface area contributed by atoms with Crippen LogP contribution in [0.3, 0.4) is 0 Å². The van der Waals surface area contributed by atoms with Gasteiger partial charge in [-0.1, -0.05) is 25.3 Å². The van der Waals surface area contributed by atoms with E-state index in [2.05, 4.69) is 9.88 Å². The van der Waals surface area contributed by atoms with E-state index in [1.807, 2.05) is 18.2 Å². The van der Waals surface area contributed by atoms with Crippen LogP contribution in [0.15, 0.2) is 18.2 Å². The summed E-state index contributed by atoms with van der Waals surface area (Å²) < 4.78 is 2.19. The Bertz CT molecular complexity index is 863. The molecule has 2 unspecified atom stereocenters. The third-order valence-corrected chi connectivity index (χ3v) is 6.07. The van der Waals surface area contributed by atoms with E-state index >= 15 is 0 Å². The Hall–Kier alpha value is -2.17. The lowest BCUT2D eigenvalue weighted by molar-refractivity contribution is -0.123. The number of aryl methyl sites for hydroxylation is 1. The van der Waals surface area contributed by atoms with Gasteiger partial charge in [-0.05, 0) is 31.4 Å². The number of imidazole rings is 1. The SMILES string of the molecule is O=C1CCn2c(C3CC3C(=O)NC3CCCCC3)nc3cccc1c32. The number of hydrogen-bond acceptors (Lipinski definition) is 3. The summed E-state index contributed by atoms with van der Waals surface area (Å²) in [5.41, 5.74) is 2.64. The van der Waals surface area contributed by atoms with Crippen molar-refractivity contribution in [1.29, 1.82) is 0 Å². The minimum atomic E-state index is 0.0519. The van der Waals surface area contributed by atoms with E-state index in [0.717, 1.165) is 41.7 Å². The average Bonchev–Trinajstić information content (AvgIpc) is 3.35. The summed E-state index contributed by atoms with van der Waals surface area (Å²) in [6.45, 7) is 0.690. The monoisotopic (exact) mass is 337 g/mol. The maximum Gasteiger partial charge on any atom is 0.224 e. The number of ketones is 1. The molecule has 5 nitrogen and oxygen atoms in total. The summed E-state index contributed by atoms with van der Waals surface area (Å²) in [4.78, 5) is 29.5. The van der Waals surface area contributed by atoms with Crippen molar-refractivity contribution in [2.75, 3.05) is 0 Å². The van der Waals surface area contributed by atoms with Crippen LogP contribution in [0.5, 0.6) is 0 Å². The molecule has 0 bridgehead atoms. The summed E-state index contributed by atoms with van der Waals surface area (Å²) in [6, 6.07) is 6.13. The van der Waals surface area contributed by atoms with E-state index in [1.54, 1.807) is 0 Å². The number of carbonyl (C=O) groups excluding carboxylic acids is 2. The van der Waals surface area contributed by atoms with E-state index in [-0.39, 0.29) is 23.5 Å². The second kappa shape index (κ2) is 5.68. The van der Waals surface area contributed by atoms with Gasteiger partial charge in [0.25, 0.3) is 0 Å². The zero-order valence-corrected chi connectivity index (χ0v) is 14.3. The molecule has 1 N–H and O–H groups in total. The first-order valence-corrected chi connectivity index (χ1v) is 9.55. The van der Waals surface area contributed by atoms with Crippen LogP contribution in [0.25, 0.3) is 11.0 Å². The molecule has 25 heavy (non-hydrogen) atoms.